The lowest BCUT2D eigenvalue weighted by Gasteiger charge is -2.02. The first-order valence-corrected chi connectivity index (χ1v) is 5.49. The van der Waals surface area contributed by atoms with E-state index in [9.17, 15) is 0 Å². The molecule has 0 saturated carbocycles. The van der Waals surface area contributed by atoms with Crippen LogP contribution in [0.25, 0.3) is 0 Å². The summed E-state index contributed by atoms with van der Waals surface area (Å²) in [4.78, 5) is 0. The Balaban J connectivity index is 1.90. The first-order chi connectivity index (χ1) is 6.79. The van der Waals surface area contributed by atoms with Gasteiger partial charge in [-0.05, 0) is 31.9 Å². The van der Waals surface area contributed by atoms with Crippen molar-refractivity contribution in [1.82, 2.24) is 0 Å². The molecule has 0 fully saturated rings. The van der Waals surface area contributed by atoms with E-state index in [-0.39, 0.29) is 6.10 Å². The van der Waals surface area contributed by atoms with Gasteiger partial charge in [-0.2, -0.15) is 0 Å². The monoisotopic (exact) mass is 196 g/mol. The van der Waals surface area contributed by atoms with E-state index in [0.717, 1.165) is 25.0 Å². The van der Waals surface area contributed by atoms with Gasteiger partial charge in [0, 0.05) is 6.42 Å². The van der Waals surface area contributed by atoms with Crippen LogP contribution < -0.4 is 0 Å². The maximum Gasteiger partial charge on any atom is 0.103 e. The van der Waals surface area contributed by atoms with Gasteiger partial charge in [-0.3, -0.25) is 0 Å². The van der Waals surface area contributed by atoms with Gasteiger partial charge in [0.25, 0.3) is 0 Å². The van der Waals surface area contributed by atoms with Crippen molar-refractivity contribution in [3.05, 3.63) is 24.2 Å². The number of hydrogen-bond donors (Lipinski definition) is 1. The van der Waals surface area contributed by atoms with Gasteiger partial charge in [0.2, 0.25) is 0 Å². The lowest BCUT2D eigenvalue weighted by atomic mass is 10.1. The fraction of sp³-hybridized carbons (Fsp3) is 0.667. The van der Waals surface area contributed by atoms with Crippen LogP contribution in [0.5, 0.6) is 0 Å². The summed E-state index contributed by atoms with van der Waals surface area (Å²) in [6, 6.07) is 3.96. The zero-order valence-corrected chi connectivity index (χ0v) is 8.91. The van der Waals surface area contributed by atoms with E-state index in [1.54, 1.807) is 6.26 Å². The smallest absolute Gasteiger partial charge is 0.103 e. The molecule has 1 rings (SSSR count). The highest BCUT2D eigenvalue weighted by atomic mass is 16.3. The minimum atomic E-state index is -0.139. The Labute approximate surface area is 85.9 Å². The molecular weight excluding hydrogens is 176 g/mol. The molecule has 1 atom stereocenters. The van der Waals surface area contributed by atoms with Crippen LogP contribution in [-0.4, -0.2) is 11.2 Å². The maximum absolute atomic E-state index is 9.04. The lowest BCUT2D eigenvalue weighted by Crippen LogP contribution is -1.98. The summed E-state index contributed by atoms with van der Waals surface area (Å²) in [5.74, 6) is 1.08. The Hall–Kier alpha value is -0.760. The van der Waals surface area contributed by atoms with Crippen LogP contribution in [0.1, 0.15) is 44.8 Å². The summed E-state index contributed by atoms with van der Waals surface area (Å²) in [5, 5.41) is 9.04. The number of rotatable bonds is 7. The number of hydrogen-bond acceptors (Lipinski definition) is 2. The summed E-state index contributed by atoms with van der Waals surface area (Å²) < 4.78 is 5.24. The largest absolute Gasteiger partial charge is 0.469 e. The number of unbranched alkanes of at least 4 members (excludes halogenated alkanes) is 3. The topological polar surface area (TPSA) is 33.4 Å². The van der Waals surface area contributed by atoms with Crippen molar-refractivity contribution >= 4 is 0 Å². The number of aryl methyl sites for hydroxylation is 1. The van der Waals surface area contributed by atoms with Crippen LogP contribution in [0.15, 0.2) is 22.8 Å². The lowest BCUT2D eigenvalue weighted by molar-refractivity contribution is 0.180. The maximum atomic E-state index is 9.04. The Kier molecular flexibility index (Phi) is 5.38. The van der Waals surface area contributed by atoms with E-state index in [0.29, 0.717) is 0 Å². The Morgan fingerprint density at radius 2 is 2.07 bits per heavy atom. The van der Waals surface area contributed by atoms with Gasteiger partial charge >= 0.3 is 0 Å². The summed E-state index contributed by atoms with van der Waals surface area (Å²) in [7, 11) is 0. The van der Waals surface area contributed by atoms with Gasteiger partial charge in [0.15, 0.2) is 0 Å². The predicted molar refractivity (Wildman–Crippen MR) is 57.2 cm³/mol. The van der Waals surface area contributed by atoms with Gasteiger partial charge in [0.1, 0.15) is 5.76 Å². The fourth-order valence-electron chi connectivity index (χ4n) is 1.55. The molecule has 0 bridgehead atoms. The van der Waals surface area contributed by atoms with E-state index in [1.807, 2.05) is 19.1 Å². The van der Waals surface area contributed by atoms with E-state index >= 15 is 0 Å². The SMILES string of the molecule is CC(O)CCCCCCc1ccco1. The molecule has 0 saturated heterocycles. The third-order valence-electron chi connectivity index (χ3n) is 2.38. The molecule has 1 N–H and O–H groups in total. The zero-order chi connectivity index (χ0) is 10.2. The number of aliphatic hydroxyl groups excluding tert-OH is 1. The molecule has 0 spiro atoms. The van der Waals surface area contributed by atoms with Gasteiger partial charge < -0.3 is 9.52 Å². The molecule has 1 unspecified atom stereocenters. The van der Waals surface area contributed by atoms with Crippen LogP contribution in [0.3, 0.4) is 0 Å². The van der Waals surface area contributed by atoms with E-state index in [2.05, 4.69) is 0 Å². The van der Waals surface area contributed by atoms with Gasteiger partial charge in [-0.15, -0.1) is 0 Å². The summed E-state index contributed by atoms with van der Waals surface area (Å²) >= 11 is 0. The van der Waals surface area contributed by atoms with Crippen molar-refractivity contribution in [3.63, 3.8) is 0 Å². The van der Waals surface area contributed by atoms with E-state index in [4.69, 9.17) is 9.52 Å². The van der Waals surface area contributed by atoms with Crippen molar-refractivity contribution in [1.29, 1.82) is 0 Å². The molecule has 0 aromatic carbocycles. The second-order valence-electron chi connectivity index (χ2n) is 3.88. The third kappa shape index (κ3) is 5.07. The van der Waals surface area contributed by atoms with Crippen LogP contribution in [0.2, 0.25) is 0 Å². The van der Waals surface area contributed by atoms with Crippen LogP contribution in [0, 0.1) is 0 Å². The highest BCUT2D eigenvalue weighted by Crippen LogP contribution is 2.10. The summed E-state index contributed by atoms with van der Waals surface area (Å²) in [6.45, 7) is 1.85. The Morgan fingerprint density at radius 3 is 2.71 bits per heavy atom. The average molecular weight is 196 g/mol. The van der Waals surface area contributed by atoms with Gasteiger partial charge in [0.05, 0.1) is 12.4 Å². The Morgan fingerprint density at radius 1 is 1.29 bits per heavy atom. The van der Waals surface area contributed by atoms with Crippen molar-refractivity contribution in [2.45, 2.75) is 51.6 Å². The molecule has 0 radical (unpaired) electrons. The van der Waals surface area contributed by atoms with E-state index < -0.39 is 0 Å². The van der Waals surface area contributed by atoms with Gasteiger partial charge in [-0.1, -0.05) is 19.3 Å². The zero-order valence-electron chi connectivity index (χ0n) is 8.91. The highest BCUT2D eigenvalue weighted by molar-refractivity contribution is 4.97. The molecule has 14 heavy (non-hydrogen) atoms. The minimum Gasteiger partial charge on any atom is -0.469 e. The number of furan rings is 1. The standard InChI is InChI=1S/C12H20O2/c1-11(13)7-4-2-3-5-8-12-9-6-10-14-12/h6,9-11,13H,2-5,7-8H2,1H3. The number of aliphatic hydroxyl groups is 1. The molecule has 0 aliphatic rings. The molecule has 1 heterocycles. The molecule has 2 heteroatoms. The quantitative estimate of drug-likeness (QED) is 0.679. The van der Waals surface area contributed by atoms with Crippen LogP contribution in [0.4, 0.5) is 0 Å². The van der Waals surface area contributed by atoms with Crippen LogP contribution >= 0.6 is 0 Å². The first kappa shape index (κ1) is 11.3. The molecule has 1 aromatic rings. The molecular formula is C12H20O2. The summed E-state index contributed by atoms with van der Waals surface area (Å²) in [6.07, 6.45) is 8.33. The highest BCUT2D eigenvalue weighted by Gasteiger charge is 1.97. The summed E-state index contributed by atoms with van der Waals surface area (Å²) in [5.41, 5.74) is 0. The third-order valence-corrected chi connectivity index (χ3v) is 2.38. The molecule has 0 aliphatic carbocycles. The molecule has 2 nitrogen and oxygen atoms in total. The van der Waals surface area contributed by atoms with Gasteiger partial charge in [-0.25, -0.2) is 0 Å². The molecule has 1 aromatic heterocycles. The average Bonchev–Trinajstić information content (AvgIpc) is 2.63. The molecule has 0 aliphatic heterocycles. The van der Waals surface area contributed by atoms with Crippen LogP contribution in [-0.2, 0) is 6.42 Å². The minimum absolute atomic E-state index is 0.139. The van der Waals surface area contributed by atoms with Crippen molar-refractivity contribution < 1.29 is 9.52 Å². The molecule has 80 valence electrons. The predicted octanol–water partition coefficient (Wildman–Crippen LogP) is 3.15. The first-order valence-electron chi connectivity index (χ1n) is 5.49. The fourth-order valence-corrected chi connectivity index (χ4v) is 1.55. The normalized spacial score (nSPS) is 13.0. The Bertz CT molecular complexity index is 214. The van der Waals surface area contributed by atoms with Crippen molar-refractivity contribution in [2.24, 2.45) is 0 Å². The van der Waals surface area contributed by atoms with E-state index in [1.165, 1.54) is 19.3 Å². The van der Waals surface area contributed by atoms with Crippen molar-refractivity contribution in [3.8, 4) is 0 Å². The molecule has 0 amide bonds. The second kappa shape index (κ2) is 6.66. The van der Waals surface area contributed by atoms with Crippen molar-refractivity contribution in [2.75, 3.05) is 0 Å². The second-order valence-corrected chi connectivity index (χ2v) is 3.88.